The molecule has 0 spiro atoms. The second kappa shape index (κ2) is 6.55. The van der Waals surface area contributed by atoms with Crippen molar-refractivity contribution in [1.29, 1.82) is 0 Å². The first-order valence-electron chi connectivity index (χ1n) is 6.54. The van der Waals surface area contributed by atoms with Crippen LogP contribution in [0.3, 0.4) is 0 Å². The average molecular weight is 248 g/mol. The third-order valence-corrected chi connectivity index (χ3v) is 3.31. The van der Waals surface area contributed by atoms with Crippen molar-refractivity contribution in [2.24, 2.45) is 0 Å². The molecule has 0 saturated carbocycles. The summed E-state index contributed by atoms with van der Waals surface area (Å²) in [7, 11) is 1.88. The molecule has 0 aliphatic rings. The van der Waals surface area contributed by atoms with E-state index in [-0.39, 0.29) is 5.91 Å². The Morgan fingerprint density at radius 3 is 2.28 bits per heavy atom. The Balaban J connectivity index is 2.74. The van der Waals surface area contributed by atoms with Gasteiger partial charge in [-0.15, -0.1) is 0 Å². The van der Waals surface area contributed by atoms with Gasteiger partial charge in [-0.25, -0.2) is 0 Å². The Bertz CT molecular complexity index is 382. The summed E-state index contributed by atoms with van der Waals surface area (Å²) >= 11 is 0. The minimum atomic E-state index is -0.486. The van der Waals surface area contributed by atoms with Crippen LogP contribution in [0.2, 0.25) is 0 Å². The van der Waals surface area contributed by atoms with Crippen molar-refractivity contribution in [2.45, 2.75) is 32.6 Å². The largest absolute Gasteiger partial charge is 0.354 e. The molecule has 3 nitrogen and oxygen atoms in total. The molecule has 2 N–H and O–H groups in total. The van der Waals surface area contributed by atoms with E-state index in [1.54, 1.807) is 0 Å². The molecule has 0 fully saturated rings. The lowest BCUT2D eigenvalue weighted by Crippen LogP contribution is -2.42. The molecule has 1 amide bonds. The summed E-state index contributed by atoms with van der Waals surface area (Å²) in [5.74, 6) is 0.0713. The quantitative estimate of drug-likeness (QED) is 0.755. The van der Waals surface area contributed by atoms with Gasteiger partial charge in [-0.05, 0) is 38.4 Å². The Kier molecular flexibility index (Phi) is 5.35. The highest BCUT2D eigenvalue weighted by molar-refractivity contribution is 5.87. The van der Waals surface area contributed by atoms with Gasteiger partial charge < -0.3 is 10.6 Å². The van der Waals surface area contributed by atoms with Gasteiger partial charge in [0.15, 0.2) is 0 Å². The second-order valence-electron chi connectivity index (χ2n) is 5.03. The summed E-state index contributed by atoms with van der Waals surface area (Å²) in [6.07, 6.45) is 1.02. The summed E-state index contributed by atoms with van der Waals surface area (Å²) < 4.78 is 0. The van der Waals surface area contributed by atoms with Gasteiger partial charge in [-0.2, -0.15) is 0 Å². The summed E-state index contributed by atoms with van der Waals surface area (Å²) in [6, 6.07) is 8.29. The molecule has 1 rings (SSSR count). The van der Waals surface area contributed by atoms with Crippen LogP contribution in [0, 0.1) is 0 Å². The standard InChI is InChI=1S/C15H24N2O/c1-5-12-6-8-13(9-7-12)15(2,3)14(18)17-11-10-16-4/h6-9,16H,5,10-11H2,1-4H3,(H,17,18). The predicted octanol–water partition coefficient (Wildman–Crippen LogP) is 1.86. The maximum absolute atomic E-state index is 12.2. The number of carbonyl (C=O) groups is 1. The number of aryl methyl sites for hydroxylation is 1. The SMILES string of the molecule is CCc1ccc(C(C)(C)C(=O)NCCNC)cc1. The van der Waals surface area contributed by atoms with Crippen LogP contribution >= 0.6 is 0 Å². The van der Waals surface area contributed by atoms with Crippen LogP contribution < -0.4 is 10.6 Å². The van der Waals surface area contributed by atoms with Crippen molar-refractivity contribution in [3.63, 3.8) is 0 Å². The zero-order valence-electron chi connectivity index (χ0n) is 11.8. The van der Waals surface area contributed by atoms with E-state index in [1.807, 2.05) is 20.9 Å². The molecule has 0 bridgehead atoms. The minimum Gasteiger partial charge on any atom is -0.354 e. The first-order valence-corrected chi connectivity index (χ1v) is 6.54. The second-order valence-corrected chi connectivity index (χ2v) is 5.03. The van der Waals surface area contributed by atoms with Crippen LogP contribution in [0.25, 0.3) is 0 Å². The molecule has 0 saturated heterocycles. The highest BCUT2D eigenvalue weighted by Crippen LogP contribution is 2.23. The van der Waals surface area contributed by atoms with E-state index < -0.39 is 5.41 Å². The molecule has 100 valence electrons. The van der Waals surface area contributed by atoms with Crippen molar-refractivity contribution in [3.8, 4) is 0 Å². The number of rotatable bonds is 6. The number of hydrogen-bond acceptors (Lipinski definition) is 2. The van der Waals surface area contributed by atoms with Gasteiger partial charge in [0.25, 0.3) is 0 Å². The van der Waals surface area contributed by atoms with Crippen LogP contribution in [0.15, 0.2) is 24.3 Å². The molecule has 3 heteroatoms. The zero-order chi connectivity index (χ0) is 13.6. The normalized spacial score (nSPS) is 11.3. The maximum atomic E-state index is 12.2. The van der Waals surface area contributed by atoms with Crippen LogP contribution in [0.1, 0.15) is 31.9 Å². The smallest absolute Gasteiger partial charge is 0.230 e. The van der Waals surface area contributed by atoms with Crippen LogP contribution in [0.4, 0.5) is 0 Å². The highest BCUT2D eigenvalue weighted by atomic mass is 16.2. The van der Waals surface area contributed by atoms with Gasteiger partial charge in [0.2, 0.25) is 5.91 Å². The molecule has 0 aliphatic heterocycles. The molecule has 0 radical (unpaired) electrons. The number of likely N-dealkylation sites (N-methyl/N-ethyl adjacent to an activating group) is 1. The van der Waals surface area contributed by atoms with Gasteiger partial charge in [-0.3, -0.25) is 4.79 Å². The predicted molar refractivity (Wildman–Crippen MR) is 75.8 cm³/mol. The van der Waals surface area contributed by atoms with E-state index in [2.05, 4.69) is 41.8 Å². The average Bonchev–Trinajstić information content (AvgIpc) is 2.39. The molecule has 0 unspecified atom stereocenters. The van der Waals surface area contributed by atoms with Crippen LogP contribution in [-0.4, -0.2) is 26.0 Å². The Hall–Kier alpha value is -1.35. The number of nitrogens with one attached hydrogen (secondary N) is 2. The summed E-state index contributed by atoms with van der Waals surface area (Å²) in [5, 5.41) is 5.96. The lowest BCUT2D eigenvalue weighted by molar-refractivity contribution is -0.125. The zero-order valence-corrected chi connectivity index (χ0v) is 11.8. The monoisotopic (exact) mass is 248 g/mol. The number of benzene rings is 1. The van der Waals surface area contributed by atoms with E-state index in [0.29, 0.717) is 6.54 Å². The molecule has 18 heavy (non-hydrogen) atoms. The van der Waals surface area contributed by atoms with E-state index in [9.17, 15) is 4.79 Å². The number of amides is 1. The summed E-state index contributed by atoms with van der Waals surface area (Å²) in [6.45, 7) is 7.50. The summed E-state index contributed by atoms with van der Waals surface area (Å²) in [4.78, 5) is 12.2. The van der Waals surface area contributed by atoms with Crippen molar-refractivity contribution >= 4 is 5.91 Å². The first kappa shape index (κ1) is 14.7. The third kappa shape index (κ3) is 3.57. The molecule has 0 atom stereocenters. The Morgan fingerprint density at radius 2 is 1.78 bits per heavy atom. The van der Waals surface area contributed by atoms with E-state index in [0.717, 1.165) is 18.5 Å². The maximum Gasteiger partial charge on any atom is 0.230 e. The molecule has 1 aromatic rings. The molecule has 0 heterocycles. The summed E-state index contributed by atoms with van der Waals surface area (Å²) in [5.41, 5.74) is 1.87. The van der Waals surface area contributed by atoms with Crippen molar-refractivity contribution < 1.29 is 4.79 Å². The van der Waals surface area contributed by atoms with E-state index >= 15 is 0 Å². The number of carbonyl (C=O) groups excluding carboxylic acids is 1. The van der Waals surface area contributed by atoms with Crippen molar-refractivity contribution in [2.75, 3.05) is 20.1 Å². The molecular formula is C15H24N2O. The number of hydrogen-bond donors (Lipinski definition) is 2. The fourth-order valence-corrected chi connectivity index (χ4v) is 1.81. The van der Waals surface area contributed by atoms with Crippen molar-refractivity contribution in [3.05, 3.63) is 35.4 Å². The van der Waals surface area contributed by atoms with E-state index in [1.165, 1.54) is 5.56 Å². The third-order valence-electron chi connectivity index (χ3n) is 3.31. The first-order chi connectivity index (χ1) is 8.52. The lowest BCUT2D eigenvalue weighted by Gasteiger charge is -2.24. The van der Waals surface area contributed by atoms with Crippen LogP contribution in [-0.2, 0) is 16.6 Å². The Labute approximate surface area is 110 Å². The fourth-order valence-electron chi connectivity index (χ4n) is 1.81. The van der Waals surface area contributed by atoms with Gasteiger partial charge in [-0.1, -0.05) is 31.2 Å². The van der Waals surface area contributed by atoms with E-state index in [4.69, 9.17) is 0 Å². The Morgan fingerprint density at radius 1 is 1.17 bits per heavy atom. The van der Waals surface area contributed by atoms with Crippen molar-refractivity contribution in [1.82, 2.24) is 10.6 Å². The van der Waals surface area contributed by atoms with Crippen LogP contribution in [0.5, 0.6) is 0 Å². The lowest BCUT2D eigenvalue weighted by atomic mass is 9.83. The minimum absolute atomic E-state index is 0.0713. The van der Waals surface area contributed by atoms with Gasteiger partial charge in [0.05, 0.1) is 5.41 Å². The molecular weight excluding hydrogens is 224 g/mol. The van der Waals surface area contributed by atoms with Gasteiger partial charge in [0, 0.05) is 13.1 Å². The molecule has 1 aromatic carbocycles. The van der Waals surface area contributed by atoms with Gasteiger partial charge in [0.1, 0.15) is 0 Å². The molecule has 0 aromatic heterocycles. The topological polar surface area (TPSA) is 41.1 Å². The fraction of sp³-hybridized carbons (Fsp3) is 0.533. The van der Waals surface area contributed by atoms with Gasteiger partial charge >= 0.3 is 0 Å². The highest BCUT2D eigenvalue weighted by Gasteiger charge is 2.29. The molecule has 0 aliphatic carbocycles.